The second-order valence-corrected chi connectivity index (χ2v) is 4.85. The number of nitro benzene ring substituents is 1. The molecule has 0 amide bonds. The maximum atomic E-state index is 11.0. The Morgan fingerprint density at radius 3 is 2.48 bits per heavy atom. The lowest BCUT2D eigenvalue weighted by Gasteiger charge is -2.09. The summed E-state index contributed by atoms with van der Waals surface area (Å²) in [4.78, 5) is 21.1. The van der Waals surface area contributed by atoms with Crippen molar-refractivity contribution in [1.82, 2.24) is 0 Å². The van der Waals surface area contributed by atoms with Crippen LogP contribution in [0, 0.1) is 10.1 Å². The molecule has 0 unspecified atom stereocenters. The van der Waals surface area contributed by atoms with Gasteiger partial charge in [0.15, 0.2) is 5.75 Å². The van der Waals surface area contributed by atoms with Crippen molar-refractivity contribution in [2.45, 2.75) is 0 Å². The first-order valence-electron chi connectivity index (χ1n) is 5.80. The van der Waals surface area contributed by atoms with E-state index in [1.165, 1.54) is 19.2 Å². The highest BCUT2D eigenvalue weighted by Gasteiger charge is 2.16. The number of rotatable bonds is 5. The van der Waals surface area contributed by atoms with Gasteiger partial charge in [-0.25, -0.2) is 0 Å². The van der Waals surface area contributed by atoms with Crippen LogP contribution in [0.1, 0.15) is 10.4 Å². The fourth-order valence-corrected chi connectivity index (χ4v) is 2.15. The molecule has 2 aromatic rings. The number of hydrogen-bond acceptors (Lipinski definition) is 5. The van der Waals surface area contributed by atoms with Gasteiger partial charge in [-0.2, -0.15) is 0 Å². The zero-order valence-corrected chi connectivity index (χ0v) is 12.5. The molecular formula is C14H10BrNO5. The average molecular weight is 352 g/mol. The van der Waals surface area contributed by atoms with Gasteiger partial charge in [-0.05, 0) is 46.3 Å². The van der Waals surface area contributed by atoms with Crippen molar-refractivity contribution in [2.75, 3.05) is 7.11 Å². The summed E-state index contributed by atoms with van der Waals surface area (Å²) in [5, 5.41) is 11.0. The lowest BCUT2D eigenvalue weighted by molar-refractivity contribution is -0.385. The first-order chi connectivity index (χ1) is 10.0. The predicted molar refractivity (Wildman–Crippen MR) is 79.3 cm³/mol. The minimum absolute atomic E-state index is 0.155. The third-order valence-corrected chi connectivity index (χ3v) is 3.29. The van der Waals surface area contributed by atoms with E-state index in [9.17, 15) is 14.9 Å². The van der Waals surface area contributed by atoms with E-state index >= 15 is 0 Å². The zero-order valence-electron chi connectivity index (χ0n) is 10.9. The fraction of sp³-hybridized carbons (Fsp3) is 0.0714. The summed E-state index contributed by atoms with van der Waals surface area (Å²) in [6, 6.07) is 9.08. The number of carbonyl (C=O) groups is 1. The number of halogens is 1. The van der Waals surface area contributed by atoms with E-state index in [-0.39, 0.29) is 11.4 Å². The summed E-state index contributed by atoms with van der Waals surface area (Å²) in [6.07, 6.45) is 0.715. The Bertz CT molecular complexity index is 702. The first kappa shape index (κ1) is 15.0. The van der Waals surface area contributed by atoms with E-state index in [0.29, 0.717) is 27.8 Å². The first-order valence-corrected chi connectivity index (χ1v) is 6.59. The van der Waals surface area contributed by atoms with Gasteiger partial charge >= 0.3 is 5.69 Å². The summed E-state index contributed by atoms with van der Waals surface area (Å²) < 4.78 is 11.1. The van der Waals surface area contributed by atoms with E-state index in [4.69, 9.17) is 9.47 Å². The summed E-state index contributed by atoms with van der Waals surface area (Å²) >= 11 is 3.28. The van der Waals surface area contributed by atoms with E-state index in [1.807, 2.05) is 0 Å². The van der Waals surface area contributed by atoms with Crippen LogP contribution in [0.25, 0.3) is 0 Å². The van der Waals surface area contributed by atoms with Crippen molar-refractivity contribution >= 4 is 27.9 Å². The molecule has 0 bridgehead atoms. The smallest absolute Gasteiger partial charge is 0.314 e. The van der Waals surface area contributed by atoms with Crippen LogP contribution in [-0.4, -0.2) is 18.3 Å². The number of nitrogens with zero attached hydrogens (tertiary/aromatic N) is 1. The molecule has 0 aliphatic heterocycles. The molecule has 0 spiro atoms. The van der Waals surface area contributed by atoms with Crippen LogP contribution >= 0.6 is 15.9 Å². The van der Waals surface area contributed by atoms with Crippen molar-refractivity contribution < 1.29 is 19.2 Å². The monoisotopic (exact) mass is 351 g/mol. The highest BCUT2D eigenvalue weighted by molar-refractivity contribution is 9.10. The van der Waals surface area contributed by atoms with E-state index in [1.54, 1.807) is 24.3 Å². The zero-order chi connectivity index (χ0) is 15.4. The SMILES string of the molecule is COc1ccc(Oc2ccc(C=O)cc2Br)cc1[N+](=O)[O-]. The molecule has 0 aromatic heterocycles. The summed E-state index contributed by atoms with van der Waals surface area (Å²) in [7, 11) is 1.36. The van der Waals surface area contributed by atoms with Crippen molar-refractivity contribution in [3.8, 4) is 17.2 Å². The standard InChI is InChI=1S/C14H10BrNO5/c1-20-14-5-3-10(7-12(14)16(18)19)21-13-4-2-9(8-17)6-11(13)15/h2-8H,1H3. The van der Waals surface area contributed by atoms with Crippen molar-refractivity contribution in [3.63, 3.8) is 0 Å². The molecule has 7 heteroatoms. The Hall–Kier alpha value is -2.41. The molecule has 0 heterocycles. The van der Waals surface area contributed by atoms with Crippen molar-refractivity contribution in [1.29, 1.82) is 0 Å². The largest absolute Gasteiger partial charge is 0.490 e. The highest BCUT2D eigenvalue weighted by Crippen LogP contribution is 2.35. The van der Waals surface area contributed by atoms with Crippen LogP contribution in [0.15, 0.2) is 40.9 Å². The third-order valence-electron chi connectivity index (χ3n) is 2.67. The molecule has 6 nitrogen and oxygen atoms in total. The maximum absolute atomic E-state index is 11.0. The Morgan fingerprint density at radius 1 is 1.19 bits per heavy atom. The minimum atomic E-state index is -0.545. The summed E-state index contributed by atoms with van der Waals surface area (Å²) in [5.74, 6) is 0.893. The molecule has 0 aliphatic carbocycles. The maximum Gasteiger partial charge on any atom is 0.314 e. The van der Waals surface area contributed by atoms with Crippen molar-refractivity contribution in [2.24, 2.45) is 0 Å². The Labute approximate surface area is 128 Å². The number of aldehydes is 1. The van der Waals surface area contributed by atoms with Gasteiger partial charge in [0.05, 0.1) is 22.6 Å². The average Bonchev–Trinajstić information content (AvgIpc) is 2.49. The lowest BCUT2D eigenvalue weighted by Crippen LogP contribution is -1.95. The number of carbonyl (C=O) groups excluding carboxylic acids is 1. The second kappa shape index (κ2) is 6.36. The van der Waals surface area contributed by atoms with Gasteiger partial charge in [-0.15, -0.1) is 0 Å². The van der Waals surface area contributed by atoms with Gasteiger partial charge in [0.1, 0.15) is 17.8 Å². The molecule has 108 valence electrons. The van der Waals surface area contributed by atoms with Crippen LogP contribution in [0.3, 0.4) is 0 Å². The topological polar surface area (TPSA) is 78.7 Å². The predicted octanol–water partition coefficient (Wildman–Crippen LogP) is 3.97. The lowest BCUT2D eigenvalue weighted by atomic mass is 10.2. The molecule has 0 fully saturated rings. The van der Waals surface area contributed by atoms with Gasteiger partial charge < -0.3 is 9.47 Å². The Morgan fingerprint density at radius 2 is 1.90 bits per heavy atom. The molecule has 0 atom stereocenters. The van der Waals surface area contributed by atoms with Gasteiger partial charge in [0, 0.05) is 5.56 Å². The molecule has 0 N–H and O–H groups in total. The number of methoxy groups -OCH3 is 1. The second-order valence-electron chi connectivity index (χ2n) is 4.00. The van der Waals surface area contributed by atoms with E-state index in [0.717, 1.165) is 0 Å². The van der Waals surface area contributed by atoms with Crippen LogP contribution < -0.4 is 9.47 Å². The molecule has 21 heavy (non-hydrogen) atoms. The van der Waals surface area contributed by atoms with Crippen LogP contribution in [0.5, 0.6) is 17.2 Å². The van der Waals surface area contributed by atoms with Crippen LogP contribution in [-0.2, 0) is 0 Å². The molecule has 2 rings (SSSR count). The number of hydrogen-bond donors (Lipinski definition) is 0. The quantitative estimate of drug-likeness (QED) is 0.462. The third kappa shape index (κ3) is 3.38. The fourth-order valence-electron chi connectivity index (χ4n) is 1.68. The molecule has 0 aliphatic rings. The van der Waals surface area contributed by atoms with Gasteiger partial charge in [-0.1, -0.05) is 0 Å². The molecule has 0 saturated heterocycles. The number of ether oxygens (including phenoxy) is 2. The molecule has 0 radical (unpaired) electrons. The van der Waals surface area contributed by atoms with Crippen molar-refractivity contribution in [3.05, 3.63) is 56.5 Å². The normalized spacial score (nSPS) is 10.0. The highest BCUT2D eigenvalue weighted by atomic mass is 79.9. The minimum Gasteiger partial charge on any atom is -0.490 e. The Balaban J connectivity index is 2.33. The molecular weight excluding hydrogens is 342 g/mol. The number of nitro groups is 1. The summed E-state index contributed by atoms with van der Waals surface area (Å²) in [5.41, 5.74) is 0.311. The van der Waals surface area contributed by atoms with Gasteiger partial charge in [-0.3, -0.25) is 14.9 Å². The Kier molecular flexibility index (Phi) is 4.54. The number of benzene rings is 2. The molecule has 2 aromatic carbocycles. The van der Waals surface area contributed by atoms with E-state index in [2.05, 4.69) is 15.9 Å². The van der Waals surface area contributed by atoms with Crippen LogP contribution in [0.4, 0.5) is 5.69 Å². The summed E-state index contributed by atoms with van der Waals surface area (Å²) in [6.45, 7) is 0. The van der Waals surface area contributed by atoms with E-state index < -0.39 is 4.92 Å². The van der Waals surface area contributed by atoms with Gasteiger partial charge in [0.25, 0.3) is 0 Å². The van der Waals surface area contributed by atoms with Crippen LogP contribution in [0.2, 0.25) is 0 Å². The molecule has 0 saturated carbocycles. The van der Waals surface area contributed by atoms with Gasteiger partial charge in [0.2, 0.25) is 0 Å².